The Kier molecular flexibility index (Phi) is 5.77. The molecule has 0 saturated carbocycles. The van der Waals surface area contributed by atoms with Gasteiger partial charge in [-0.3, -0.25) is 0 Å². The second-order valence-corrected chi connectivity index (χ2v) is 9.59. The zero-order valence-electron chi connectivity index (χ0n) is 18.7. The van der Waals surface area contributed by atoms with E-state index in [2.05, 4.69) is 34.8 Å². The number of hydrogen-bond acceptors (Lipinski definition) is 7. The Labute approximate surface area is 191 Å². The standard InChI is InChI=1S/C23H29FN6OS/c1-14(2)30-8-9-31-21-17(24)10-16(11-20(21)30)18-12-29(3)22(26-18)28-23-27-19(13-32-23)15-4-6-25-7-5-15/h10-15,25H,4-9H2,1-3H3,(H,26,27,28). The molecular formula is C23H29FN6OS. The van der Waals surface area contributed by atoms with Crippen LogP contribution in [0.2, 0.25) is 0 Å². The van der Waals surface area contributed by atoms with Gasteiger partial charge in [-0.1, -0.05) is 0 Å². The van der Waals surface area contributed by atoms with Gasteiger partial charge >= 0.3 is 0 Å². The molecule has 7 nitrogen and oxygen atoms in total. The van der Waals surface area contributed by atoms with Crippen molar-refractivity contribution in [2.75, 3.05) is 36.5 Å². The summed E-state index contributed by atoms with van der Waals surface area (Å²) < 4.78 is 22.4. The van der Waals surface area contributed by atoms with Gasteiger partial charge < -0.3 is 24.8 Å². The van der Waals surface area contributed by atoms with Crippen LogP contribution in [0.3, 0.4) is 0 Å². The third-order valence-corrected chi connectivity index (χ3v) is 6.98. The number of nitrogens with zero attached hydrogens (tertiary/aromatic N) is 4. The second kappa shape index (κ2) is 8.71. The highest BCUT2D eigenvalue weighted by atomic mass is 32.1. The lowest BCUT2D eigenvalue weighted by molar-refractivity contribution is 0.287. The van der Waals surface area contributed by atoms with Crippen LogP contribution < -0.4 is 20.3 Å². The van der Waals surface area contributed by atoms with E-state index in [9.17, 15) is 4.39 Å². The van der Waals surface area contributed by atoms with Crippen molar-refractivity contribution >= 4 is 28.1 Å². The van der Waals surface area contributed by atoms with Crippen molar-refractivity contribution in [2.24, 2.45) is 7.05 Å². The molecule has 4 heterocycles. The molecule has 32 heavy (non-hydrogen) atoms. The Balaban J connectivity index is 1.40. The molecule has 2 N–H and O–H groups in total. The summed E-state index contributed by atoms with van der Waals surface area (Å²) in [5.74, 6) is 1.18. The number of hydrogen-bond donors (Lipinski definition) is 2. The van der Waals surface area contributed by atoms with Crippen LogP contribution in [0.4, 0.5) is 21.2 Å². The molecule has 0 spiro atoms. The molecule has 0 amide bonds. The van der Waals surface area contributed by atoms with E-state index in [0.717, 1.165) is 54.6 Å². The van der Waals surface area contributed by atoms with Crippen LogP contribution >= 0.6 is 11.3 Å². The Hall–Kier alpha value is -2.65. The van der Waals surface area contributed by atoms with Crippen LogP contribution in [0.25, 0.3) is 11.3 Å². The van der Waals surface area contributed by atoms with Gasteiger partial charge in [0.05, 0.1) is 23.6 Å². The molecule has 0 aliphatic carbocycles. The number of halogens is 1. The van der Waals surface area contributed by atoms with E-state index in [4.69, 9.17) is 14.7 Å². The van der Waals surface area contributed by atoms with Gasteiger partial charge in [-0.15, -0.1) is 11.3 Å². The summed E-state index contributed by atoms with van der Waals surface area (Å²) in [7, 11) is 1.93. The van der Waals surface area contributed by atoms with Crippen LogP contribution in [0.15, 0.2) is 23.7 Å². The predicted octanol–water partition coefficient (Wildman–Crippen LogP) is 4.50. The Morgan fingerprint density at radius 3 is 2.84 bits per heavy atom. The first-order valence-electron chi connectivity index (χ1n) is 11.2. The molecule has 3 aromatic rings. The Morgan fingerprint density at radius 1 is 1.25 bits per heavy atom. The van der Waals surface area contributed by atoms with E-state index < -0.39 is 0 Å². The summed E-state index contributed by atoms with van der Waals surface area (Å²) in [6.45, 7) is 7.54. The minimum absolute atomic E-state index is 0.257. The first-order chi connectivity index (χ1) is 15.5. The summed E-state index contributed by atoms with van der Waals surface area (Å²) >= 11 is 1.60. The Morgan fingerprint density at radius 2 is 2.06 bits per heavy atom. The lowest BCUT2D eigenvalue weighted by atomic mass is 9.96. The number of aromatic nitrogens is 3. The van der Waals surface area contributed by atoms with Crippen molar-refractivity contribution in [1.29, 1.82) is 0 Å². The summed E-state index contributed by atoms with van der Waals surface area (Å²) in [4.78, 5) is 11.7. The second-order valence-electron chi connectivity index (χ2n) is 8.73. The lowest BCUT2D eigenvalue weighted by Crippen LogP contribution is -2.38. The number of piperidine rings is 1. The van der Waals surface area contributed by atoms with Gasteiger partial charge in [0.15, 0.2) is 16.7 Å². The maximum atomic E-state index is 14.9. The molecule has 1 saturated heterocycles. The summed E-state index contributed by atoms with van der Waals surface area (Å²) in [5, 5.41) is 9.71. The van der Waals surface area contributed by atoms with Crippen molar-refractivity contribution in [3.63, 3.8) is 0 Å². The number of aryl methyl sites for hydroxylation is 1. The van der Waals surface area contributed by atoms with Gasteiger partial charge in [-0.2, -0.15) is 0 Å². The molecule has 0 bridgehead atoms. The van der Waals surface area contributed by atoms with Gasteiger partial charge in [0, 0.05) is 36.1 Å². The molecular weight excluding hydrogens is 427 g/mol. The number of imidazole rings is 1. The summed E-state index contributed by atoms with van der Waals surface area (Å²) in [6.07, 6.45) is 4.15. The maximum Gasteiger partial charge on any atom is 0.209 e. The molecule has 5 rings (SSSR count). The topological polar surface area (TPSA) is 67.2 Å². The van der Waals surface area contributed by atoms with Gasteiger partial charge in [0.2, 0.25) is 5.95 Å². The van der Waals surface area contributed by atoms with E-state index in [1.54, 1.807) is 11.3 Å². The lowest BCUT2D eigenvalue weighted by Gasteiger charge is -2.34. The van der Waals surface area contributed by atoms with Crippen LogP contribution in [0, 0.1) is 5.82 Å². The van der Waals surface area contributed by atoms with E-state index in [0.29, 0.717) is 29.9 Å². The first kappa shape index (κ1) is 21.2. The van der Waals surface area contributed by atoms with Crippen LogP contribution in [-0.2, 0) is 7.05 Å². The quantitative estimate of drug-likeness (QED) is 0.589. The van der Waals surface area contributed by atoms with Gasteiger partial charge in [0.25, 0.3) is 0 Å². The third kappa shape index (κ3) is 4.06. The van der Waals surface area contributed by atoms with Crippen LogP contribution in [0.5, 0.6) is 5.75 Å². The van der Waals surface area contributed by atoms with Gasteiger partial charge in [0.1, 0.15) is 6.61 Å². The number of thiazole rings is 1. The summed E-state index contributed by atoms with van der Waals surface area (Å²) in [6, 6.07) is 3.74. The normalized spacial score (nSPS) is 16.8. The highest BCUT2D eigenvalue weighted by molar-refractivity contribution is 7.13. The zero-order chi connectivity index (χ0) is 22.2. The fraction of sp³-hybridized carbons (Fsp3) is 0.478. The molecule has 2 aliphatic heterocycles. The van der Waals surface area contributed by atoms with Gasteiger partial charge in [-0.25, -0.2) is 14.4 Å². The molecule has 0 unspecified atom stereocenters. The largest absolute Gasteiger partial charge is 0.486 e. The van der Waals surface area contributed by atoms with E-state index >= 15 is 0 Å². The Bertz CT molecular complexity index is 1100. The predicted molar refractivity (Wildman–Crippen MR) is 127 cm³/mol. The molecule has 2 aromatic heterocycles. The van der Waals surface area contributed by atoms with E-state index in [1.165, 1.54) is 6.07 Å². The molecule has 2 aliphatic rings. The summed E-state index contributed by atoms with van der Waals surface area (Å²) in [5.41, 5.74) is 3.38. The van der Waals surface area contributed by atoms with Crippen molar-refractivity contribution in [2.45, 2.75) is 38.6 Å². The number of fused-ring (bicyclic) bond motifs is 1. The molecule has 170 valence electrons. The van der Waals surface area contributed by atoms with Crippen LogP contribution in [-0.4, -0.2) is 46.8 Å². The van der Waals surface area contributed by atoms with E-state index in [1.807, 2.05) is 23.9 Å². The number of benzene rings is 1. The molecule has 1 fully saturated rings. The van der Waals surface area contributed by atoms with Crippen molar-refractivity contribution in [3.05, 3.63) is 35.2 Å². The number of rotatable bonds is 5. The third-order valence-electron chi connectivity index (χ3n) is 6.21. The zero-order valence-corrected chi connectivity index (χ0v) is 19.5. The average molecular weight is 457 g/mol. The van der Waals surface area contributed by atoms with Crippen molar-refractivity contribution in [3.8, 4) is 17.0 Å². The minimum Gasteiger partial charge on any atom is -0.486 e. The maximum absolute atomic E-state index is 14.9. The molecule has 9 heteroatoms. The smallest absolute Gasteiger partial charge is 0.209 e. The fourth-order valence-electron chi connectivity index (χ4n) is 4.45. The SMILES string of the molecule is CC(C)N1CCOc2c(F)cc(-c3cn(C)c(Nc4nc(C5CCNCC5)cs4)n3)cc21. The minimum atomic E-state index is -0.352. The number of ether oxygens (including phenoxy) is 1. The highest BCUT2D eigenvalue weighted by Gasteiger charge is 2.25. The first-order valence-corrected chi connectivity index (χ1v) is 12.1. The van der Waals surface area contributed by atoms with E-state index in [-0.39, 0.29) is 11.9 Å². The highest BCUT2D eigenvalue weighted by Crippen LogP contribution is 2.39. The van der Waals surface area contributed by atoms with Gasteiger partial charge in [-0.05, 0) is 51.9 Å². The number of nitrogens with one attached hydrogen (secondary N) is 2. The van der Waals surface area contributed by atoms with Crippen molar-refractivity contribution in [1.82, 2.24) is 19.9 Å². The monoisotopic (exact) mass is 456 g/mol. The fourth-order valence-corrected chi connectivity index (χ4v) is 5.24. The molecule has 0 atom stereocenters. The van der Waals surface area contributed by atoms with Crippen molar-refractivity contribution < 1.29 is 9.13 Å². The average Bonchev–Trinajstić information content (AvgIpc) is 3.41. The van der Waals surface area contributed by atoms with Crippen LogP contribution in [0.1, 0.15) is 38.3 Å². The molecule has 1 aromatic carbocycles. The molecule has 0 radical (unpaired) electrons. The number of anilines is 3.